The Morgan fingerprint density at radius 3 is 2.76 bits per heavy atom. The number of rotatable bonds is 5. The van der Waals surface area contributed by atoms with Crippen LogP contribution in [-0.2, 0) is 4.79 Å². The van der Waals surface area contributed by atoms with Crippen LogP contribution in [0.5, 0.6) is 0 Å². The molecule has 1 aliphatic carbocycles. The summed E-state index contributed by atoms with van der Waals surface area (Å²) in [5.74, 6) is 1.55. The lowest BCUT2D eigenvalue weighted by Gasteiger charge is -2.35. The van der Waals surface area contributed by atoms with Crippen LogP contribution in [-0.4, -0.2) is 50.1 Å². The first-order chi connectivity index (χ1) is 8.15. The zero-order valence-electron chi connectivity index (χ0n) is 11.0. The Hall–Kier alpha value is -0.610. The standard InChI is InChI=1S/C13H25N3O/c1-10-9-16(2)6-5-12(10)15-13(17)8-14-7-11-3-4-11/h10-12,14H,3-9H2,1-2H3,(H,15,17). The van der Waals surface area contributed by atoms with E-state index in [9.17, 15) is 4.79 Å². The SMILES string of the molecule is CC1CN(C)CCC1NC(=O)CNCC1CC1. The highest BCUT2D eigenvalue weighted by molar-refractivity contribution is 5.78. The van der Waals surface area contributed by atoms with Gasteiger partial charge in [0.1, 0.15) is 0 Å². The van der Waals surface area contributed by atoms with Crippen molar-refractivity contribution in [1.29, 1.82) is 0 Å². The number of carbonyl (C=O) groups is 1. The van der Waals surface area contributed by atoms with Gasteiger partial charge in [-0.05, 0) is 51.2 Å². The molecular weight excluding hydrogens is 214 g/mol. The fourth-order valence-corrected chi connectivity index (χ4v) is 2.54. The molecule has 2 fully saturated rings. The molecule has 0 spiro atoms. The highest BCUT2D eigenvalue weighted by Gasteiger charge is 2.25. The van der Waals surface area contributed by atoms with Gasteiger partial charge in [0.2, 0.25) is 5.91 Å². The summed E-state index contributed by atoms with van der Waals surface area (Å²) in [5.41, 5.74) is 0. The summed E-state index contributed by atoms with van der Waals surface area (Å²) >= 11 is 0. The van der Waals surface area contributed by atoms with Gasteiger partial charge < -0.3 is 15.5 Å². The second kappa shape index (κ2) is 5.83. The molecule has 1 saturated heterocycles. The van der Waals surface area contributed by atoms with Gasteiger partial charge in [-0.15, -0.1) is 0 Å². The molecule has 0 aromatic carbocycles. The average Bonchev–Trinajstić information content (AvgIpc) is 3.06. The minimum absolute atomic E-state index is 0.159. The van der Waals surface area contributed by atoms with Gasteiger partial charge in [-0.1, -0.05) is 6.92 Å². The van der Waals surface area contributed by atoms with E-state index in [-0.39, 0.29) is 5.91 Å². The van der Waals surface area contributed by atoms with E-state index in [1.54, 1.807) is 0 Å². The van der Waals surface area contributed by atoms with E-state index in [4.69, 9.17) is 0 Å². The van der Waals surface area contributed by atoms with Crippen LogP contribution in [0.4, 0.5) is 0 Å². The van der Waals surface area contributed by atoms with Crippen molar-refractivity contribution in [3.63, 3.8) is 0 Å². The van der Waals surface area contributed by atoms with Crippen molar-refractivity contribution in [1.82, 2.24) is 15.5 Å². The predicted molar refractivity (Wildman–Crippen MR) is 68.8 cm³/mol. The molecule has 1 aliphatic heterocycles. The maximum absolute atomic E-state index is 11.8. The quantitative estimate of drug-likeness (QED) is 0.732. The van der Waals surface area contributed by atoms with E-state index in [1.165, 1.54) is 12.8 Å². The first-order valence-corrected chi connectivity index (χ1v) is 6.84. The van der Waals surface area contributed by atoms with Gasteiger partial charge in [-0.25, -0.2) is 0 Å². The molecule has 1 heterocycles. The summed E-state index contributed by atoms with van der Waals surface area (Å²) in [4.78, 5) is 14.1. The number of hydrogen-bond acceptors (Lipinski definition) is 3. The van der Waals surface area contributed by atoms with Crippen molar-refractivity contribution in [3.8, 4) is 0 Å². The Bertz CT molecular complexity index is 265. The number of hydrogen-bond donors (Lipinski definition) is 2. The van der Waals surface area contributed by atoms with Gasteiger partial charge in [-0.2, -0.15) is 0 Å². The topological polar surface area (TPSA) is 44.4 Å². The smallest absolute Gasteiger partial charge is 0.234 e. The van der Waals surface area contributed by atoms with Crippen molar-refractivity contribution < 1.29 is 4.79 Å². The second-order valence-electron chi connectivity index (χ2n) is 5.78. The van der Waals surface area contributed by atoms with Crippen LogP contribution in [0.3, 0.4) is 0 Å². The molecule has 4 heteroatoms. The van der Waals surface area contributed by atoms with Crippen LogP contribution >= 0.6 is 0 Å². The fourth-order valence-electron chi connectivity index (χ4n) is 2.54. The Kier molecular flexibility index (Phi) is 4.40. The number of likely N-dealkylation sites (tertiary alicyclic amines) is 1. The van der Waals surface area contributed by atoms with Gasteiger partial charge in [0.25, 0.3) is 0 Å². The highest BCUT2D eigenvalue weighted by atomic mass is 16.2. The molecule has 0 bridgehead atoms. The lowest BCUT2D eigenvalue weighted by molar-refractivity contribution is -0.121. The van der Waals surface area contributed by atoms with Crippen LogP contribution in [0.25, 0.3) is 0 Å². The molecule has 2 atom stereocenters. The first-order valence-electron chi connectivity index (χ1n) is 6.84. The minimum Gasteiger partial charge on any atom is -0.352 e. The van der Waals surface area contributed by atoms with E-state index in [0.717, 1.165) is 32.0 Å². The third-order valence-electron chi connectivity index (χ3n) is 3.87. The van der Waals surface area contributed by atoms with Crippen LogP contribution in [0.1, 0.15) is 26.2 Å². The van der Waals surface area contributed by atoms with E-state index in [0.29, 0.717) is 18.5 Å². The molecule has 1 amide bonds. The van der Waals surface area contributed by atoms with Gasteiger partial charge >= 0.3 is 0 Å². The van der Waals surface area contributed by atoms with Crippen molar-refractivity contribution in [2.75, 3.05) is 33.2 Å². The van der Waals surface area contributed by atoms with E-state index in [1.807, 2.05) is 0 Å². The molecule has 2 aliphatic rings. The van der Waals surface area contributed by atoms with Crippen LogP contribution in [0.2, 0.25) is 0 Å². The number of amides is 1. The molecule has 98 valence electrons. The lowest BCUT2D eigenvalue weighted by Crippen LogP contribution is -2.50. The largest absolute Gasteiger partial charge is 0.352 e. The zero-order valence-corrected chi connectivity index (χ0v) is 11.0. The van der Waals surface area contributed by atoms with Crippen molar-refractivity contribution in [2.45, 2.75) is 32.2 Å². The van der Waals surface area contributed by atoms with Crippen molar-refractivity contribution in [3.05, 3.63) is 0 Å². The van der Waals surface area contributed by atoms with Crippen LogP contribution < -0.4 is 10.6 Å². The third kappa shape index (κ3) is 4.28. The molecule has 0 aromatic heterocycles. The Morgan fingerprint density at radius 2 is 2.12 bits per heavy atom. The molecule has 0 radical (unpaired) electrons. The maximum atomic E-state index is 11.8. The average molecular weight is 239 g/mol. The lowest BCUT2D eigenvalue weighted by atomic mass is 9.94. The zero-order chi connectivity index (χ0) is 12.3. The normalized spacial score (nSPS) is 30.2. The van der Waals surface area contributed by atoms with Gasteiger partial charge in [0.05, 0.1) is 6.54 Å². The highest BCUT2D eigenvalue weighted by Crippen LogP contribution is 2.27. The third-order valence-corrected chi connectivity index (χ3v) is 3.87. The summed E-state index contributed by atoms with van der Waals surface area (Å²) in [7, 11) is 2.14. The molecule has 17 heavy (non-hydrogen) atoms. The maximum Gasteiger partial charge on any atom is 0.234 e. The second-order valence-corrected chi connectivity index (χ2v) is 5.78. The summed E-state index contributed by atoms with van der Waals surface area (Å²) in [5, 5.41) is 6.39. The minimum atomic E-state index is 0.159. The van der Waals surface area contributed by atoms with Gasteiger partial charge in [0.15, 0.2) is 0 Å². The summed E-state index contributed by atoms with van der Waals surface area (Å²) in [6, 6.07) is 0.362. The summed E-state index contributed by atoms with van der Waals surface area (Å²) < 4.78 is 0. The summed E-state index contributed by atoms with van der Waals surface area (Å²) in [6.07, 6.45) is 3.74. The molecule has 2 unspecified atom stereocenters. The molecule has 1 saturated carbocycles. The predicted octanol–water partition coefficient (Wildman–Crippen LogP) is 0.442. The van der Waals surface area contributed by atoms with Gasteiger partial charge in [0, 0.05) is 12.6 Å². The monoisotopic (exact) mass is 239 g/mol. The molecule has 2 rings (SSSR count). The number of nitrogens with one attached hydrogen (secondary N) is 2. The number of nitrogens with zero attached hydrogens (tertiary/aromatic N) is 1. The van der Waals surface area contributed by atoms with E-state index in [2.05, 4.69) is 29.5 Å². The van der Waals surface area contributed by atoms with Crippen molar-refractivity contribution >= 4 is 5.91 Å². The Balaban J connectivity index is 1.62. The number of carbonyl (C=O) groups excluding carboxylic acids is 1. The Morgan fingerprint density at radius 1 is 1.35 bits per heavy atom. The summed E-state index contributed by atoms with van der Waals surface area (Å²) in [6.45, 7) is 5.88. The van der Waals surface area contributed by atoms with Crippen LogP contribution in [0.15, 0.2) is 0 Å². The van der Waals surface area contributed by atoms with E-state index >= 15 is 0 Å². The molecule has 4 nitrogen and oxygen atoms in total. The number of piperidine rings is 1. The van der Waals surface area contributed by atoms with Crippen molar-refractivity contribution in [2.24, 2.45) is 11.8 Å². The molecule has 2 N–H and O–H groups in total. The van der Waals surface area contributed by atoms with Crippen LogP contribution in [0, 0.1) is 11.8 Å². The van der Waals surface area contributed by atoms with Gasteiger partial charge in [-0.3, -0.25) is 4.79 Å². The fraction of sp³-hybridized carbons (Fsp3) is 0.923. The first kappa shape index (κ1) is 12.8. The van der Waals surface area contributed by atoms with E-state index < -0.39 is 0 Å². The molecular formula is C13H25N3O. The Labute approximate surface area is 104 Å². The molecule has 0 aromatic rings.